The van der Waals surface area contributed by atoms with Gasteiger partial charge < -0.3 is 19.0 Å². The average molecular weight is 452 g/mol. The first-order valence-electron chi connectivity index (χ1n) is 10.6. The van der Waals surface area contributed by atoms with Crippen LogP contribution >= 0.6 is 0 Å². The maximum atomic E-state index is 13.0. The number of ether oxygens (including phenoxy) is 2. The average Bonchev–Trinajstić information content (AvgIpc) is 2.87. The van der Waals surface area contributed by atoms with E-state index in [1.165, 1.54) is 18.4 Å². The molecule has 1 heterocycles. The summed E-state index contributed by atoms with van der Waals surface area (Å²) >= 11 is 0. The van der Waals surface area contributed by atoms with Gasteiger partial charge in [0.25, 0.3) is 0 Å². The van der Waals surface area contributed by atoms with Crippen LogP contribution in [-0.2, 0) is 0 Å². The largest absolute Gasteiger partial charge is 0.507 e. The van der Waals surface area contributed by atoms with Gasteiger partial charge in [-0.2, -0.15) is 0 Å². The Morgan fingerprint density at radius 3 is 2.44 bits per heavy atom. The van der Waals surface area contributed by atoms with Crippen molar-refractivity contribution in [3.8, 4) is 28.4 Å². The SMILES string of the molecule is COc1ccc(-c2coc3cc(OCC(=O)c4ccc5ccccc5c4)cc(O)c3c2=O)cc1. The summed E-state index contributed by atoms with van der Waals surface area (Å²) in [6, 6.07) is 23.0. The summed E-state index contributed by atoms with van der Waals surface area (Å²) in [6.07, 6.45) is 1.34. The molecule has 0 spiro atoms. The fraction of sp³-hybridized carbons (Fsp3) is 0.0714. The van der Waals surface area contributed by atoms with Crippen molar-refractivity contribution in [2.75, 3.05) is 13.7 Å². The van der Waals surface area contributed by atoms with Gasteiger partial charge in [-0.25, -0.2) is 0 Å². The number of phenolic OH excluding ortho intramolecular Hbond substituents is 1. The topological polar surface area (TPSA) is 86.0 Å². The number of hydrogen-bond acceptors (Lipinski definition) is 6. The van der Waals surface area contributed by atoms with Crippen LogP contribution in [-0.4, -0.2) is 24.6 Å². The van der Waals surface area contributed by atoms with E-state index in [1.807, 2.05) is 36.4 Å². The summed E-state index contributed by atoms with van der Waals surface area (Å²) in [5.74, 6) is 0.396. The van der Waals surface area contributed by atoms with Crippen LogP contribution in [0.3, 0.4) is 0 Å². The van der Waals surface area contributed by atoms with Gasteiger partial charge in [-0.05, 0) is 34.5 Å². The molecule has 5 aromatic rings. The second kappa shape index (κ2) is 8.75. The quantitative estimate of drug-likeness (QED) is 0.338. The molecule has 0 atom stereocenters. The van der Waals surface area contributed by atoms with Crippen LogP contribution in [0.1, 0.15) is 10.4 Å². The second-order valence-electron chi connectivity index (χ2n) is 7.80. The molecular weight excluding hydrogens is 432 g/mol. The first kappa shape index (κ1) is 21.3. The van der Waals surface area contributed by atoms with Crippen molar-refractivity contribution in [1.82, 2.24) is 0 Å². The number of carbonyl (C=O) groups excluding carboxylic acids is 1. The standard InChI is InChI=1S/C28H20O6/c1-32-21-10-8-18(9-11-21)23-15-34-26-14-22(13-24(29)27(26)28(23)31)33-16-25(30)20-7-6-17-4-2-3-5-19(17)12-20/h2-15,29H,16H2,1H3. The number of aromatic hydroxyl groups is 1. The zero-order chi connectivity index (χ0) is 23.7. The van der Waals surface area contributed by atoms with Gasteiger partial charge in [-0.15, -0.1) is 0 Å². The molecule has 0 bridgehead atoms. The number of Topliss-reactive ketones (excluding diaryl/α,β-unsaturated/α-hetero) is 1. The molecule has 1 N–H and O–H groups in total. The van der Waals surface area contributed by atoms with Gasteiger partial charge in [0.15, 0.2) is 12.4 Å². The van der Waals surface area contributed by atoms with Crippen molar-refractivity contribution in [1.29, 1.82) is 0 Å². The Bertz CT molecular complexity index is 1580. The van der Waals surface area contributed by atoms with E-state index in [-0.39, 0.29) is 40.3 Å². The van der Waals surface area contributed by atoms with E-state index in [0.29, 0.717) is 22.4 Å². The van der Waals surface area contributed by atoms with E-state index in [9.17, 15) is 14.7 Å². The molecule has 0 unspecified atom stereocenters. The van der Waals surface area contributed by atoms with Crippen LogP contribution in [0.2, 0.25) is 0 Å². The van der Waals surface area contributed by atoms with Crippen LogP contribution in [0.15, 0.2) is 94.3 Å². The Morgan fingerprint density at radius 1 is 0.912 bits per heavy atom. The molecule has 0 aliphatic heterocycles. The molecule has 0 aliphatic rings. The Kier molecular flexibility index (Phi) is 5.47. The highest BCUT2D eigenvalue weighted by Gasteiger charge is 2.16. The lowest BCUT2D eigenvalue weighted by Crippen LogP contribution is -2.12. The van der Waals surface area contributed by atoms with Crippen LogP contribution in [0, 0.1) is 0 Å². The van der Waals surface area contributed by atoms with Gasteiger partial charge in [0, 0.05) is 17.7 Å². The van der Waals surface area contributed by atoms with Crippen LogP contribution in [0.4, 0.5) is 0 Å². The summed E-state index contributed by atoms with van der Waals surface area (Å²) < 4.78 is 16.4. The highest BCUT2D eigenvalue weighted by atomic mass is 16.5. The smallest absolute Gasteiger partial charge is 0.204 e. The fourth-order valence-electron chi connectivity index (χ4n) is 3.86. The molecule has 0 aliphatic carbocycles. The van der Waals surface area contributed by atoms with E-state index in [1.54, 1.807) is 37.4 Å². The van der Waals surface area contributed by atoms with Gasteiger partial charge in [0.1, 0.15) is 34.5 Å². The zero-order valence-corrected chi connectivity index (χ0v) is 18.3. The van der Waals surface area contributed by atoms with E-state index in [0.717, 1.165) is 10.8 Å². The molecule has 5 rings (SSSR count). The molecule has 34 heavy (non-hydrogen) atoms. The molecule has 4 aromatic carbocycles. The van der Waals surface area contributed by atoms with Crippen molar-refractivity contribution in [2.45, 2.75) is 0 Å². The molecule has 0 saturated heterocycles. The summed E-state index contributed by atoms with van der Waals surface area (Å²) in [4.78, 5) is 25.7. The Balaban J connectivity index is 1.39. The maximum absolute atomic E-state index is 13.0. The normalized spacial score (nSPS) is 11.0. The van der Waals surface area contributed by atoms with E-state index < -0.39 is 0 Å². The monoisotopic (exact) mass is 452 g/mol. The number of benzene rings is 4. The third kappa shape index (κ3) is 3.97. The van der Waals surface area contributed by atoms with E-state index in [2.05, 4.69) is 0 Å². The summed E-state index contributed by atoms with van der Waals surface area (Å²) in [6.45, 7) is -0.225. The lowest BCUT2D eigenvalue weighted by Gasteiger charge is -2.09. The number of fused-ring (bicyclic) bond motifs is 2. The van der Waals surface area contributed by atoms with Crippen molar-refractivity contribution < 1.29 is 23.8 Å². The zero-order valence-electron chi connectivity index (χ0n) is 18.3. The van der Waals surface area contributed by atoms with Crippen molar-refractivity contribution in [3.05, 3.63) is 101 Å². The van der Waals surface area contributed by atoms with Crippen LogP contribution in [0.25, 0.3) is 32.9 Å². The first-order chi connectivity index (χ1) is 16.5. The van der Waals surface area contributed by atoms with E-state index in [4.69, 9.17) is 13.9 Å². The lowest BCUT2D eigenvalue weighted by molar-refractivity contribution is 0.0921. The summed E-state index contributed by atoms with van der Waals surface area (Å²) in [5.41, 5.74) is 1.26. The predicted octanol–water partition coefficient (Wildman–Crippen LogP) is 5.59. The number of phenols is 1. The van der Waals surface area contributed by atoms with Crippen molar-refractivity contribution >= 4 is 27.5 Å². The predicted molar refractivity (Wildman–Crippen MR) is 130 cm³/mol. The van der Waals surface area contributed by atoms with Crippen LogP contribution in [0.5, 0.6) is 17.2 Å². The van der Waals surface area contributed by atoms with Gasteiger partial charge in [-0.3, -0.25) is 9.59 Å². The first-order valence-corrected chi connectivity index (χ1v) is 10.6. The van der Waals surface area contributed by atoms with Crippen LogP contribution < -0.4 is 14.9 Å². The summed E-state index contributed by atoms with van der Waals surface area (Å²) in [7, 11) is 1.56. The highest BCUT2D eigenvalue weighted by molar-refractivity contribution is 6.01. The van der Waals surface area contributed by atoms with E-state index >= 15 is 0 Å². The van der Waals surface area contributed by atoms with Gasteiger partial charge in [0.05, 0.1) is 12.7 Å². The van der Waals surface area contributed by atoms with Crippen molar-refractivity contribution in [2.24, 2.45) is 0 Å². The van der Waals surface area contributed by atoms with Crippen molar-refractivity contribution in [3.63, 3.8) is 0 Å². The molecule has 6 nitrogen and oxygen atoms in total. The third-order valence-electron chi connectivity index (χ3n) is 5.67. The molecule has 0 amide bonds. The number of rotatable bonds is 6. The number of carbonyl (C=O) groups is 1. The number of hydrogen-bond donors (Lipinski definition) is 1. The Labute approximate surface area is 194 Å². The molecular formula is C28H20O6. The second-order valence-corrected chi connectivity index (χ2v) is 7.80. The molecule has 168 valence electrons. The Hall–Kier alpha value is -4.58. The molecule has 0 saturated carbocycles. The maximum Gasteiger partial charge on any atom is 0.204 e. The highest BCUT2D eigenvalue weighted by Crippen LogP contribution is 2.31. The minimum Gasteiger partial charge on any atom is -0.507 e. The lowest BCUT2D eigenvalue weighted by atomic mass is 10.0. The Morgan fingerprint density at radius 2 is 1.68 bits per heavy atom. The minimum atomic E-state index is -0.372. The molecule has 6 heteroatoms. The minimum absolute atomic E-state index is 0.0431. The molecule has 0 fully saturated rings. The van der Waals surface area contributed by atoms with Gasteiger partial charge in [-0.1, -0.05) is 48.5 Å². The van der Waals surface area contributed by atoms with Gasteiger partial charge in [0.2, 0.25) is 5.43 Å². The molecule has 0 radical (unpaired) electrons. The molecule has 1 aromatic heterocycles. The number of ketones is 1. The number of methoxy groups -OCH3 is 1. The fourth-order valence-corrected chi connectivity index (χ4v) is 3.86. The summed E-state index contributed by atoms with van der Waals surface area (Å²) in [5, 5.41) is 12.6. The van der Waals surface area contributed by atoms with Gasteiger partial charge >= 0.3 is 0 Å². The third-order valence-corrected chi connectivity index (χ3v) is 5.67.